The molecule has 36 heavy (non-hydrogen) atoms. The van der Waals surface area contributed by atoms with E-state index in [1.54, 1.807) is 4.90 Å². The molecule has 8 nitrogen and oxygen atoms in total. The molecule has 5 rings (SSSR count). The third-order valence-electron chi connectivity index (χ3n) is 6.30. The van der Waals surface area contributed by atoms with Gasteiger partial charge in [-0.05, 0) is 36.8 Å². The van der Waals surface area contributed by atoms with Crippen LogP contribution in [0.15, 0.2) is 48.7 Å². The van der Waals surface area contributed by atoms with E-state index >= 15 is 0 Å². The Kier molecular flexibility index (Phi) is 6.82. The van der Waals surface area contributed by atoms with Crippen LogP contribution in [0.3, 0.4) is 0 Å². The van der Waals surface area contributed by atoms with E-state index < -0.39 is 11.7 Å². The smallest absolute Gasteiger partial charge is 0.378 e. The number of ether oxygens (including phenoxy) is 1. The van der Waals surface area contributed by atoms with Gasteiger partial charge in [-0.25, -0.2) is 4.98 Å². The molecule has 2 saturated heterocycles. The highest BCUT2D eigenvalue weighted by atomic mass is 19.4. The van der Waals surface area contributed by atoms with E-state index in [4.69, 9.17) is 14.7 Å². The lowest BCUT2D eigenvalue weighted by Gasteiger charge is -2.37. The van der Waals surface area contributed by atoms with Gasteiger partial charge < -0.3 is 24.8 Å². The van der Waals surface area contributed by atoms with E-state index in [0.717, 1.165) is 42.0 Å². The maximum absolute atomic E-state index is 13.5. The molecule has 0 saturated carbocycles. The first-order valence-electron chi connectivity index (χ1n) is 11.9. The van der Waals surface area contributed by atoms with Crippen molar-refractivity contribution in [3.05, 3.63) is 59.8 Å². The number of nitrogens with zero attached hydrogens (tertiary/aromatic N) is 6. The van der Waals surface area contributed by atoms with Crippen LogP contribution >= 0.6 is 0 Å². The minimum absolute atomic E-state index is 0.0249. The van der Waals surface area contributed by atoms with Gasteiger partial charge >= 0.3 is 6.18 Å². The molecule has 0 amide bonds. The van der Waals surface area contributed by atoms with Crippen LogP contribution in [0.1, 0.15) is 11.1 Å². The van der Waals surface area contributed by atoms with Crippen LogP contribution in [0.2, 0.25) is 0 Å². The zero-order chi connectivity index (χ0) is 25.1. The topological polar surface area (TPSA) is 69.7 Å². The van der Waals surface area contributed by atoms with Gasteiger partial charge in [0.2, 0.25) is 5.95 Å². The molecule has 2 fully saturated rings. The van der Waals surface area contributed by atoms with Gasteiger partial charge in [-0.3, -0.25) is 0 Å². The summed E-state index contributed by atoms with van der Waals surface area (Å²) >= 11 is 0. The normalized spacial score (nSPS) is 16.8. The second kappa shape index (κ2) is 10.2. The number of pyridine rings is 1. The van der Waals surface area contributed by atoms with E-state index in [1.165, 1.54) is 12.3 Å². The average molecular weight is 500 g/mol. The van der Waals surface area contributed by atoms with Crippen molar-refractivity contribution in [3.63, 3.8) is 0 Å². The first kappa shape index (κ1) is 24.1. The second-order valence-corrected chi connectivity index (χ2v) is 8.85. The first-order chi connectivity index (χ1) is 17.4. The lowest BCUT2D eigenvalue weighted by molar-refractivity contribution is -0.137. The number of rotatable bonds is 5. The van der Waals surface area contributed by atoms with Crippen LogP contribution in [0.4, 0.5) is 42.3 Å². The zero-order valence-electron chi connectivity index (χ0n) is 20.0. The Morgan fingerprint density at radius 2 is 1.50 bits per heavy atom. The maximum atomic E-state index is 13.5. The number of piperazine rings is 1. The number of aromatic nitrogens is 3. The molecule has 1 N–H and O–H groups in total. The number of anilines is 5. The molecule has 0 aliphatic carbocycles. The fourth-order valence-electron chi connectivity index (χ4n) is 4.46. The molecular formula is C25H28F3N7O. The summed E-state index contributed by atoms with van der Waals surface area (Å²) in [6, 6.07) is 12.3. The van der Waals surface area contributed by atoms with Gasteiger partial charge in [0.1, 0.15) is 17.5 Å². The Hall–Kier alpha value is -3.60. The average Bonchev–Trinajstić information content (AvgIpc) is 2.89. The minimum atomic E-state index is -4.45. The number of aryl methyl sites for hydroxylation is 1. The van der Waals surface area contributed by atoms with Crippen molar-refractivity contribution in [1.82, 2.24) is 15.0 Å². The van der Waals surface area contributed by atoms with Gasteiger partial charge in [0.15, 0.2) is 0 Å². The predicted molar refractivity (Wildman–Crippen MR) is 133 cm³/mol. The fraction of sp³-hybridized carbons (Fsp3) is 0.400. The van der Waals surface area contributed by atoms with Crippen molar-refractivity contribution >= 4 is 29.1 Å². The summed E-state index contributed by atoms with van der Waals surface area (Å²) < 4.78 is 46.0. The Bertz CT molecular complexity index is 1190. The molecule has 0 atom stereocenters. The molecule has 0 unspecified atom stereocenters. The van der Waals surface area contributed by atoms with Crippen LogP contribution in [0, 0.1) is 6.92 Å². The van der Waals surface area contributed by atoms with Crippen molar-refractivity contribution in [2.75, 3.05) is 72.5 Å². The summed E-state index contributed by atoms with van der Waals surface area (Å²) in [5.41, 5.74) is 1.30. The Morgan fingerprint density at radius 3 is 2.17 bits per heavy atom. The first-order valence-corrected chi connectivity index (χ1v) is 11.9. The molecule has 0 bridgehead atoms. The third-order valence-corrected chi connectivity index (χ3v) is 6.30. The quantitative estimate of drug-likeness (QED) is 0.563. The fourth-order valence-corrected chi connectivity index (χ4v) is 4.46. The van der Waals surface area contributed by atoms with Crippen molar-refractivity contribution in [2.45, 2.75) is 13.1 Å². The van der Waals surface area contributed by atoms with Crippen LogP contribution in [-0.2, 0) is 10.9 Å². The number of morpholine rings is 1. The van der Waals surface area contributed by atoms with E-state index in [2.05, 4.69) is 20.1 Å². The Balaban J connectivity index is 1.38. The Labute approximate surface area is 207 Å². The summed E-state index contributed by atoms with van der Waals surface area (Å²) in [6.07, 6.45) is -3.05. The maximum Gasteiger partial charge on any atom is 0.419 e. The van der Waals surface area contributed by atoms with Crippen molar-refractivity contribution in [1.29, 1.82) is 0 Å². The summed E-state index contributed by atoms with van der Waals surface area (Å²) in [5, 5.41) is 3.31. The highest BCUT2D eigenvalue weighted by Crippen LogP contribution is 2.35. The molecule has 0 spiro atoms. The van der Waals surface area contributed by atoms with E-state index in [9.17, 15) is 13.2 Å². The van der Waals surface area contributed by atoms with Crippen molar-refractivity contribution in [2.24, 2.45) is 0 Å². The Morgan fingerprint density at radius 1 is 0.833 bits per heavy atom. The minimum Gasteiger partial charge on any atom is -0.378 e. The van der Waals surface area contributed by atoms with Crippen LogP contribution in [0.5, 0.6) is 0 Å². The van der Waals surface area contributed by atoms with Gasteiger partial charge in [-0.1, -0.05) is 12.1 Å². The lowest BCUT2D eigenvalue weighted by Crippen LogP contribution is -2.47. The number of hydrogen-bond acceptors (Lipinski definition) is 8. The molecule has 1 aromatic carbocycles. The SMILES string of the molecule is Cc1cccc(Nc2nc(N3CCOCC3)cc(N3CCN(c4ncccc4C(F)(F)F)CC3)n2)c1. The molecule has 2 aliphatic heterocycles. The van der Waals surface area contributed by atoms with E-state index in [0.29, 0.717) is 45.3 Å². The standard InChI is InChI=1S/C25H28F3N7O/c1-18-4-2-5-19(16-18)30-24-31-21(17-22(32-24)34-12-14-36-15-13-34)33-8-10-35(11-9-33)23-20(25(26,27)28)6-3-7-29-23/h2-7,16-17H,8-15H2,1H3,(H,30,31,32). The van der Waals surface area contributed by atoms with Crippen LogP contribution < -0.4 is 20.0 Å². The number of halogens is 3. The highest BCUT2D eigenvalue weighted by molar-refractivity contribution is 5.61. The summed E-state index contributed by atoms with van der Waals surface area (Å²) in [7, 11) is 0. The van der Waals surface area contributed by atoms with Crippen LogP contribution in [-0.4, -0.2) is 67.4 Å². The third kappa shape index (κ3) is 5.46. The van der Waals surface area contributed by atoms with Gasteiger partial charge in [0.25, 0.3) is 0 Å². The molecule has 11 heteroatoms. The van der Waals surface area contributed by atoms with Crippen molar-refractivity contribution in [3.8, 4) is 0 Å². The summed E-state index contributed by atoms with van der Waals surface area (Å²) in [5.74, 6) is 1.98. The lowest BCUT2D eigenvalue weighted by atomic mass is 10.2. The van der Waals surface area contributed by atoms with Crippen LogP contribution in [0.25, 0.3) is 0 Å². The number of nitrogens with one attached hydrogen (secondary N) is 1. The monoisotopic (exact) mass is 499 g/mol. The molecule has 2 aliphatic rings. The molecule has 3 aromatic rings. The molecule has 0 radical (unpaired) electrons. The molecular weight excluding hydrogens is 471 g/mol. The summed E-state index contributed by atoms with van der Waals surface area (Å²) in [6.45, 7) is 6.56. The van der Waals surface area contributed by atoms with E-state index in [-0.39, 0.29) is 5.82 Å². The van der Waals surface area contributed by atoms with Gasteiger partial charge in [0.05, 0.1) is 18.8 Å². The molecule has 190 valence electrons. The highest BCUT2D eigenvalue weighted by Gasteiger charge is 2.36. The molecule has 2 aromatic heterocycles. The zero-order valence-corrected chi connectivity index (χ0v) is 20.0. The second-order valence-electron chi connectivity index (χ2n) is 8.85. The molecule has 4 heterocycles. The number of hydrogen-bond donors (Lipinski definition) is 1. The van der Waals surface area contributed by atoms with Gasteiger partial charge in [-0.15, -0.1) is 0 Å². The van der Waals surface area contributed by atoms with Crippen molar-refractivity contribution < 1.29 is 17.9 Å². The summed E-state index contributed by atoms with van der Waals surface area (Å²) in [4.78, 5) is 19.5. The van der Waals surface area contributed by atoms with E-state index in [1.807, 2.05) is 37.3 Å². The largest absolute Gasteiger partial charge is 0.419 e. The van der Waals surface area contributed by atoms with Gasteiger partial charge in [0, 0.05) is 57.2 Å². The van der Waals surface area contributed by atoms with Gasteiger partial charge in [-0.2, -0.15) is 23.1 Å². The predicted octanol–water partition coefficient (Wildman–Crippen LogP) is 4.11. The number of alkyl halides is 3. The number of benzene rings is 1.